The molecule has 2 aromatic heterocycles. The van der Waals surface area contributed by atoms with Gasteiger partial charge in [0.2, 0.25) is 0 Å². The van der Waals surface area contributed by atoms with Gasteiger partial charge in [0.25, 0.3) is 11.6 Å². The summed E-state index contributed by atoms with van der Waals surface area (Å²) in [6, 6.07) is 3.60. The number of carbonyl (C=O) groups excluding carboxylic acids is 2. The summed E-state index contributed by atoms with van der Waals surface area (Å²) < 4.78 is 6.07. The van der Waals surface area contributed by atoms with E-state index in [9.17, 15) is 29.8 Å². The Balaban J connectivity index is 1.51. The maximum Gasteiger partial charge on any atom is 0.408 e. The minimum atomic E-state index is -0.728. The van der Waals surface area contributed by atoms with Gasteiger partial charge < -0.3 is 25.3 Å². The van der Waals surface area contributed by atoms with Crippen LogP contribution in [0.1, 0.15) is 32.6 Å². The molecule has 0 fully saturated rings. The zero-order chi connectivity index (χ0) is 25.0. The van der Waals surface area contributed by atoms with Crippen molar-refractivity contribution in [1.82, 2.24) is 30.6 Å². The smallest absolute Gasteiger partial charge is 0.358 e. The molecule has 2 N–H and O–H groups in total. The molecular weight excluding hydrogens is 499 g/mol. The molecule has 34 heavy (non-hydrogen) atoms. The van der Waals surface area contributed by atoms with E-state index in [1.54, 1.807) is 0 Å². The number of hydrogen-bond donors (Lipinski definition) is 2. The van der Waals surface area contributed by atoms with Crippen LogP contribution in [-0.4, -0.2) is 54.7 Å². The molecule has 15 nitrogen and oxygen atoms in total. The summed E-state index contributed by atoms with van der Waals surface area (Å²) in [4.78, 5) is 48.6. The second-order valence-corrected chi connectivity index (χ2v) is 7.37. The number of amides is 2. The Hall–Kier alpha value is -4.11. The van der Waals surface area contributed by atoms with Gasteiger partial charge in [-0.3, -0.25) is 19.7 Å². The van der Waals surface area contributed by atoms with Gasteiger partial charge in [-0.05, 0) is 24.0 Å². The van der Waals surface area contributed by atoms with Gasteiger partial charge in [-0.15, -0.1) is 0 Å². The van der Waals surface area contributed by atoms with Crippen LogP contribution in [-0.2, 0) is 6.54 Å². The van der Waals surface area contributed by atoms with Crippen LogP contribution < -0.4 is 10.6 Å². The van der Waals surface area contributed by atoms with Crippen molar-refractivity contribution in [2.75, 3.05) is 13.1 Å². The summed E-state index contributed by atoms with van der Waals surface area (Å²) in [6.45, 7) is 1.38. The van der Waals surface area contributed by atoms with E-state index < -0.39 is 33.2 Å². The fraction of sp³-hybridized carbons (Fsp3) is 0.235. The van der Waals surface area contributed by atoms with Crippen molar-refractivity contribution in [3.63, 3.8) is 0 Å². The van der Waals surface area contributed by atoms with Crippen LogP contribution in [0.15, 0.2) is 22.7 Å². The zero-order valence-corrected chi connectivity index (χ0v) is 18.7. The van der Waals surface area contributed by atoms with E-state index >= 15 is 0 Å². The van der Waals surface area contributed by atoms with Crippen LogP contribution >= 0.6 is 23.2 Å². The third-order valence-corrected chi connectivity index (χ3v) is 5.11. The van der Waals surface area contributed by atoms with Crippen LogP contribution in [0.3, 0.4) is 0 Å². The summed E-state index contributed by atoms with van der Waals surface area (Å²) in [5.41, 5.74) is -0.0684. The molecule has 0 unspecified atom stereocenters. The number of nitrogens with zero attached hydrogens (tertiary/aromatic N) is 6. The minimum absolute atomic E-state index is 0.00333. The lowest BCUT2D eigenvalue weighted by Gasteiger charge is -2.06. The molecule has 3 rings (SSSR count). The molecule has 0 aliphatic carbocycles. The van der Waals surface area contributed by atoms with E-state index in [0.717, 1.165) is 6.07 Å². The number of hydrogen-bond acceptors (Lipinski definition) is 10. The second-order valence-electron chi connectivity index (χ2n) is 6.59. The molecule has 0 atom stereocenters. The lowest BCUT2D eigenvalue weighted by molar-refractivity contribution is -0.389. The van der Waals surface area contributed by atoms with E-state index in [-0.39, 0.29) is 47.0 Å². The monoisotopic (exact) mass is 512 g/mol. The van der Waals surface area contributed by atoms with Crippen molar-refractivity contribution in [1.29, 1.82) is 0 Å². The predicted octanol–water partition coefficient (Wildman–Crippen LogP) is 1.91. The van der Waals surface area contributed by atoms with E-state index in [1.165, 1.54) is 23.7 Å². The second kappa shape index (κ2) is 10.2. The molecule has 0 saturated heterocycles. The molecule has 0 radical (unpaired) electrons. The van der Waals surface area contributed by atoms with Gasteiger partial charge in [-0.25, -0.2) is 0 Å². The zero-order valence-electron chi connectivity index (χ0n) is 17.2. The number of carbonyl (C=O) groups is 2. The molecule has 0 aliphatic rings. The Morgan fingerprint density at radius 3 is 2.41 bits per heavy atom. The van der Waals surface area contributed by atoms with Crippen LogP contribution in [0.25, 0.3) is 0 Å². The van der Waals surface area contributed by atoms with Crippen LogP contribution in [0.5, 0.6) is 0 Å². The Morgan fingerprint density at radius 1 is 1.12 bits per heavy atom. The predicted molar refractivity (Wildman–Crippen MR) is 115 cm³/mol. The highest BCUT2D eigenvalue weighted by atomic mass is 35.5. The van der Waals surface area contributed by atoms with Crippen molar-refractivity contribution in [3.8, 4) is 0 Å². The van der Waals surface area contributed by atoms with Gasteiger partial charge in [0, 0.05) is 24.7 Å². The Bertz CT molecular complexity index is 1290. The average molecular weight is 513 g/mol. The Morgan fingerprint density at radius 2 is 1.79 bits per heavy atom. The first-order chi connectivity index (χ1) is 16.1. The van der Waals surface area contributed by atoms with E-state index in [4.69, 9.17) is 27.7 Å². The normalized spacial score (nSPS) is 10.7. The molecule has 0 spiro atoms. The highest BCUT2D eigenvalue weighted by molar-refractivity contribution is 6.33. The van der Waals surface area contributed by atoms with Crippen LogP contribution in [0, 0.1) is 27.2 Å². The number of nitro benzene ring substituents is 1. The number of benzene rings is 1. The van der Waals surface area contributed by atoms with Crippen LogP contribution in [0.4, 0.5) is 11.5 Å². The number of halogens is 2. The standard InChI is InChI=1S/C17H14Cl2N8O7/c1-8-13(19)14(27(32)33)23-25(8)7-12-22-17(34-24-12)16(29)21-5-4-20-15(28)9-2-3-10(18)11(6-9)26(30)31/h2-3,6H,4-5,7H2,1H3,(H,20,28)(H,21,29). The Kier molecular flexibility index (Phi) is 7.37. The van der Waals surface area contributed by atoms with Crippen molar-refractivity contribution < 1.29 is 24.0 Å². The topological polar surface area (TPSA) is 201 Å². The fourth-order valence-electron chi connectivity index (χ4n) is 2.65. The van der Waals surface area contributed by atoms with Crippen molar-refractivity contribution in [3.05, 3.63) is 71.4 Å². The molecule has 3 aromatic rings. The SMILES string of the molecule is Cc1c(Cl)c([N+](=O)[O-])nn1Cc1noc(C(=O)NCCNC(=O)c2ccc(Cl)c([N+](=O)[O-])c2)n1. The van der Waals surface area contributed by atoms with Crippen LogP contribution in [0.2, 0.25) is 10.0 Å². The van der Waals surface area contributed by atoms with Gasteiger partial charge in [0.15, 0.2) is 10.8 Å². The van der Waals surface area contributed by atoms with E-state index in [2.05, 4.69) is 25.9 Å². The third kappa shape index (κ3) is 5.44. The quantitative estimate of drug-likeness (QED) is 0.242. The van der Waals surface area contributed by atoms with Gasteiger partial charge in [0.05, 0.1) is 15.7 Å². The summed E-state index contributed by atoms with van der Waals surface area (Å²) in [6.07, 6.45) is 0. The minimum Gasteiger partial charge on any atom is -0.358 e. The molecule has 178 valence electrons. The van der Waals surface area contributed by atoms with Gasteiger partial charge >= 0.3 is 17.6 Å². The fourth-order valence-corrected chi connectivity index (χ4v) is 3.04. The molecule has 2 amide bonds. The number of aromatic nitrogens is 4. The van der Waals surface area contributed by atoms with Crippen molar-refractivity contribution in [2.45, 2.75) is 13.5 Å². The third-order valence-electron chi connectivity index (χ3n) is 4.34. The highest BCUT2D eigenvalue weighted by Gasteiger charge is 2.25. The van der Waals surface area contributed by atoms with Crippen molar-refractivity contribution >= 4 is 46.5 Å². The summed E-state index contributed by atoms with van der Waals surface area (Å²) in [5, 5.41) is 33.9. The lowest BCUT2D eigenvalue weighted by atomic mass is 10.2. The van der Waals surface area contributed by atoms with E-state index in [0.29, 0.717) is 5.69 Å². The number of nitro groups is 2. The van der Waals surface area contributed by atoms with Crippen molar-refractivity contribution in [2.24, 2.45) is 0 Å². The highest BCUT2D eigenvalue weighted by Crippen LogP contribution is 2.27. The van der Waals surface area contributed by atoms with Gasteiger partial charge in [-0.1, -0.05) is 28.4 Å². The maximum absolute atomic E-state index is 12.2. The number of nitrogens with one attached hydrogen (secondary N) is 2. The summed E-state index contributed by atoms with van der Waals surface area (Å²) in [5.74, 6) is -2.19. The molecule has 1 aromatic carbocycles. The first kappa shape index (κ1) is 24.5. The largest absolute Gasteiger partial charge is 0.408 e. The Labute approximate surface area is 199 Å². The molecule has 0 bridgehead atoms. The maximum atomic E-state index is 12.2. The van der Waals surface area contributed by atoms with E-state index in [1.807, 2.05) is 0 Å². The summed E-state index contributed by atoms with van der Waals surface area (Å²) >= 11 is 11.6. The molecule has 17 heteroatoms. The molecule has 0 aliphatic heterocycles. The number of rotatable bonds is 9. The summed E-state index contributed by atoms with van der Waals surface area (Å²) in [7, 11) is 0. The first-order valence-corrected chi connectivity index (χ1v) is 10.0. The average Bonchev–Trinajstić information content (AvgIpc) is 3.37. The molecule has 0 saturated carbocycles. The van der Waals surface area contributed by atoms with Gasteiger partial charge in [-0.2, -0.15) is 9.67 Å². The lowest BCUT2D eigenvalue weighted by Crippen LogP contribution is -2.34. The molecular formula is C17H14Cl2N8O7. The van der Waals surface area contributed by atoms with Gasteiger partial charge in [0.1, 0.15) is 11.6 Å². The first-order valence-electron chi connectivity index (χ1n) is 9.28. The molecule has 2 heterocycles.